The van der Waals surface area contributed by atoms with Crippen LogP contribution in [0.3, 0.4) is 0 Å². The van der Waals surface area contributed by atoms with Crippen LogP contribution in [0.15, 0.2) is 48.5 Å². The van der Waals surface area contributed by atoms with Crippen LogP contribution in [0, 0.1) is 0 Å². The first-order valence-corrected chi connectivity index (χ1v) is 8.32. The van der Waals surface area contributed by atoms with Crippen LogP contribution < -0.4 is 19.5 Å². The molecule has 0 saturated carbocycles. The molecule has 0 saturated heterocycles. The number of rotatable bonds is 8. The van der Waals surface area contributed by atoms with Crippen LogP contribution in [0.4, 0.5) is 0 Å². The highest BCUT2D eigenvalue weighted by atomic mass is 16.5. The standard InChI is InChI=1S/C20H25NO4/c1-14(2)24-17-10-8-16(9-11-17)13-21-20(22)15(3)25-19-7-5-6-18(12-19)23-4/h5-12,14-15H,13H2,1-4H3,(H,21,22)/t15-/m0/s1. The van der Waals surface area contributed by atoms with Crippen LogP contribution in [0.25, 0.3) is 0 Å². The summed E-state index contributed by atoms with van der Waals surface area (Å²) < 4.78 is 16.4. The molecule has 0 aromatic heterocycles. The summed E-state index contributed by atoms with van der Waals surface area (Å²) in [4.78, 5) is 12.2. The molecule has 0 aliphatic carbocycles. The Balaban J connectivity index is 1.84. The molecular weight excluding hydrogens is 318 g/mol. The molecule has 1 amide bonds. The van der Waals surface area contributed by atoms with E-state index in [1.165, 1.54) is 0 Å². The van der Waals surface area contributed by atoms with Crippen molar-refractivity contribution >= 4 is 5.91 Å². The van der Waals surface area contributed by atoms with E-state index in [1.54, 1.807) is 26.2 Å². The molecule has 0 heterocycles. The number of nitrogens with one attached hydrogen (secondary N) is 1. The highest BCUT2D eigenvalue weighted by Crippen LogP contribution is 2.20. The molecule has 1 atom stereocenters. The van der Waals surface area contributed by atoms with Gasteiger partial charge in [-0.15, -0.1) is 0 Å². The molecule has 2 aromatic carbocycles. The van der Waals surface area contributed by atoms with E-state index < -0.39 is 6.10 Å². The van der Waals surface area contributed by atoms with Crippen molar-refractivity contribution in [2.75, 3.05) is 7.11 Å². The van der Waals surface area contributed by atoms with Gasteiger partial charge in [0.05, 0.1) is 13.2 Å². The second-order valence-electron chi connectivity index (χ2n) is 5.97. The van der Waals surface area contributed by atoms with Crippen molar-refractivity contribution < 1.29 is 19.0 Å². The van der Waals surface area contributed by atoms with Gasteiger partial charge in [-0.1, -0.05) is 18.2 Å². The van der Waals surface area contributed by atoms with E-state index in [0.717, 1.165) is 11.3 Å². The lowest BCUT2D eigenvalue weighted by Crippen LogP contribution is -2.35. The normalized spacial score (nSPS) is 11.7. The van der Waals surface area contributed by atoms with Crippen molar-refractivity contribution in [1.29, 1.82) is 0 Å². The van der Waals surface area contributed by atoms with Gasteiger partial charge in [-0.25, -0.2) is 0 Å². The number of hydrogen-bond donors (Lipinski definition) is 1. The van der Waals surface area contributed by atoms with E-state index in [0.29, 0.717) is 18.0 Å². The molecule has 0 fully saturated rings. The van der Waals surface area contributed by atoms with Gasteiger partial charge in [0, 0.05) is 12.6 Å². The summed E-state index contributed by atoms with van der Waals surface area (Å²) in [5.41, 5.74) is 0.998. The third-order valence-electron chi connectivity index (χ3n) is 3.49. The van der Waals surface area contributed by atoms with Crippen molar-refractivity contribution in [1.82, 2.24) is 5.32 Å². The average molecular weight is 343 g/mol. The number of benzene rings is 2. The lowest BCUT2D eigenvalue weighted by atomic mass is 10.2. The Morgan fingerprint density at radius 1 is 0.960 bits per heavy atom. The summed E-state index contributed by atoms with van der Waals surface area (Å²) >= 11 is 0. The van der Waals surface area contributed by atoms with Gasteiger partial charge in [0.15, 0.2) is 6.10 Å². The van der Waals surface area contributed by atoms with Gasteiger partial charge in [-0.2, -0.15) is 0 Å². The van der Waals surface area contributed by atoms with Crippen molar-refractivity contribution in [3.05, 3.63) is 54.1 Å². The Morgan fingerprint density at radius 2 is 1.64 bits per heavy atom. The highest BCUT2D eigenvalue weighted by molar-refractivity contribution is 5.80. The van der Waals surface area contributed by atoms with Crippen molar-refractivity contribution in [2.24, 2.45) is 0 Å². The number of hydrogen-bond acceptors (Lipinski definition) is 4. The largest absolute Gasteiger partial charge is 0.497 e. The summed E-state index contributed by atoms with van der Waals surface area (Å²) in [6, 6.07) is 14.9. The van der Waals surface area contributed by atoms with Gasteiger partial charge in [0.1, 0.15) is 17.2 Å². The zero-order valence-electron chi connectivity index (χ0n) is 15.1. The molecule has 0 aliphatic heterocycles. The predicted molar refractivity (Wildman–Crippen MR) is 97.1 cm³/mol. The Morgan fingerprint density at radius 3 is 2.28 bits per heavy atom. The van der Waals surface area contributed by atoms with E-state index >= 15 is 0 Å². The van der Waals surface area contributed by atoms with Crippen LogP contribution in [-0.4, -0.2) is 25.2 Å². The lowest BCUT2D eigenvalue weighted by Gasteiger charge is -2.15. The fourth-order valence-electron chi connectivity index (χ4n) is 2.22. The summed E-state index contributed by atoms with van der Waals surface area (Å²) in [5, 5.41) is 2.87. The fourth-order valence-corrected chi connectivity index (χ4v) is 2.22. The lowest BCUT2D eigenvalue weighted by molar-refractivity contribution is -0.127. The Bertz CT molecular complexity index is 682. The molecule has 5 heteroatoms. The van der Waals surface area contributed by atoms with Gasteiger partial charge in [-0.05, 0) is 50.6 Å². The average Bonchev–Trinajstić information content (AvgIpc) is 2.60. The number of amides is 1. The second kappa shape index (κ2) is 8.97. The minimum Gasteiger partial charge on any atom is -0.497 e. The maximum Gasteiger partial charge on any atom is 0.261 e. The topological polar surface area (TPSA) is 56.8 Å². The van der Waals surface area contributed by atoms with E-state index in [4.69, 9.17) is 14.2 Å². The maximum absolute atomic E-state index is 12.2. The Hall–Kier alpha value is -2.69. The summed E-state index contributed by atoms with van der Waals surface area (Å²) in [6.07, 6.45) is -0.462. The third-order valence-corrected chi connectivity index (χ3v) is 3.49. The van der Waals surface area contributed by atoms with Gasteiger partial charge >= 0.3 is 0 Å². The summed E-state index contributed by atoms with van der Waals surface area (Å²) in [7, 11) is 1.59. The first kappa shape index (κ1) is 18.6. The van der Waals surface area contributed by atoms with Crippen LogP contribution in [-0.2, 0) is 11.3 Å². The van der Waals surface area contributed by atoms with Crippen molar-refractivity contribution in [3.8, 4) is 17.2 Å². The summed E-state index contributed by atoms with van der Waals surface area (Å²) in [5.74, 6) is 1.93. The smallest absolute Gasteiger partial charge is 0.261 e. The monoisotopic (exact) mass is 343 g/mol. The van der Waals surface area contributed by atoms with Crippen LogP contribution in [0.1, 0.15) is 26.3 Å². The molecule has 0 aliphatic rings. The predicted octanol–water partition coefficient (Wildman–Crippen LogP) is 3.57. The molecule has 0 radical (unpaired) electrons. The van der Waals surface area contributed by atoms with Crippen LogP contribution in [0.2, 0.25) is 0 Å². The molecule has 0 bridgehead atoms. The van der Waals surface area contributed by atoms with Crippen molar-refractivity contribution in [2.45, 2.75) is 39.5 Å². The van der Waals surface area contributed by atoms with Gasteiger partial charge in [0.25, 0.3) is 5.91 Å². The molecule has 2 rings (SSSR count). The minimum absolute atomic E-state index is 0.139. The molecule has 1 N–H and O–H groups in total. The van der Waals surface area contributed by atoms with E-state index in [1.807, 2.05) is 50.2 Å². The number of methoxy groups -OCH3 is 1. The highest BCUT2D eigenvalue weighted by Gasteiger charge is 2.14. The van der Waals surface area contributed by atoms with Crippen LogP contribution in [0.5, 0.6) is 17.2 Å². The number of ether oxygens (including phenoxy) is 3. The van der Waals surface area contributed by atoms with Gasteiger partial charge in [0.2, 0.25) is 0 Å². The van der Waals surface area contributed by atoms with Crippen LogP contribution >= 0.6 is 0 Å². The maximum atomic E-state index is 12.2. The minimum atomic E-state index is -0.601. The van der Waals surface area contributed by atoms with Gasteiger partial charge in [-0.3, -0.25) is 4.79 Å². The second-order valence-corrected chi connectivity index (χ2v) is 5.97. The fraction of sp³-hybridized carbons (Fsp3) is 0.350. The molecule has 25 heavy (non-hydrogen) atoms. The number of carbonyl (C=O) groups is 1. The Kier molecular flexibility index (Phi) is 6.69. The first-order chi connectivity index (χ1) is 12.0. The summed E-state index contributed by atoms with van der Waals surface area (Å²) in [6.45, 7) is 6.12. The van der Waals surface area contributed by atoms with Gasteiger partial charge < -0.3 is 19.5 Å². The number of carbonyl (C=O) groups excluding carboxylic acids is 1. The third kappa shape index (κ3) is 6.03. The zero-order chi connectivity index (χ0) is 18.2. The zero-order valence-corrected chi connectivity index (χ0v) is 15.1. The quantitative estimate of drug-likeness (QED) is 0.796. The molecule has 5 nitrogen and oxygen atoms in total. The SMILES string of the molecule is COc1cccc(O[C@@H](C)C(=O)NCc2ccc(OC(C)C)cc2)c1. The molecular formula is C20H25NO4. The van der Waals surface area contributed by atoms with E-state index in [-0.39, 0.29) is 12.0 Å². The molecule has 2 aromatic rings. The van der Waals surface area contributed by atoms with E-state index in [2.05, 4.69) is 5.32 Å². The molecule has 0 spiro atoms. The Labute approximate surface area is 148 Å². The van der Waals surface area contributed by atoms with Crippen molar-refractivity contribution in [3.63, 3.8) is 0 Å². The first-order valence-electron chi connectivity index (χ1n) is 8.32. The molecule has 0 unspecified atom stereocenters. The molecule has 134 valence electrons. The van der Waals surface area contributed by atoms with E-state index in [9.17, 15) is 4.79 Å².